The third kappa shape index (κ3) is 3.52. The molecule has 5 rings (SSSR count). The minimum absolute atomic E-state index is 0.00323. The first kappa shape index (κ1) is 21.2. The van der Waals surface area contributed by atoms with Crippen LogP contribution in [-0.2, 0) is 20.7 Å². The van der Waals surface area contributed by atoms with Crippen LogP contribution < -0.4 is 4.90 Å². The molecule has 4 atom stereocenters. The summed E-state index contributed by atoms with van der Waals surface area (Å²) in [5.41, 5.74) is 0.769. The molecule has 6 nitrogen and oxygen atoms in total. The highest BCUT2D eigenvalue weighted by Gasteiger charge is 2.54. The van der Waals surface area contributed by atoms with Gasteiger partial charge >= 0.3 is 0 Å². The predicted molar refractivity (Wildman–Crippen MR) is 114 cm³/mol. The Kier molecular flexibility index (Phi) is 5.31. The molecule has 0 bridgehead atoms. The molecular weight excluding hydrogens is 436 g/mol. The monoisotopic (exact) mass is 459 g/mol. The summed E-state index contributed by atoms with van der Waals surface area (Å²) in [6.07, 6.45) is -0.0685. The van der Waals surface area contributed by atoms with Gasteiger partial charge in [0.1, 0.15) is 23.1 Å². The van der Waals surface area contributed by atoms with Crippen molar-refractivity contribution in [1.29, 1.82) is 0 Å². The zero-order valence-electron chi connectivity index (χ0n) is 17.8. The molecule has 0 N–H and O–H groups in total. The van der Waals surface area contributed by atoms with E-state index in [9.17, 15) is 18.4 Å². The number of nitrogens with zero attached hydrogens (tertiary/aromatic N) is 3. The molecule has 2 aromatic rings. The van der Waals surface area contributed by atoms with Gasteiger partial charge in [0, 0.05) is 6.42 Å². The van der Waals surface area contributed by atoms with E-state index in [4.69, 9.17) is 4.74 Å². The summed E-state index contributed by atoms with van der Waals surface area (Å²) in [4.78, 5) is 28.4. The Bertz CT molecular complexity index is 1100. The van der Waals surface area contributed by atoms with Crippen LogP contribution >= 0.6 is 11.3 Å². The Morgan fingerprint density at radius 3 is 2.66 bits per heavy atom. The maximum Gasteiger partial charge on any atom is 0.296 e. The lowest BCUT2D eigenvalue weighted by Gasteiger charge is -2.36. The van der Waals surface area contributed by atoms with Crippen LogP contribution in [0.5, 0.6) is 0 Å². The molecule has 2 aliphatic heterocycles. The molecule has 1 amide bonds. The third-order valence-corrected chi connectivity index (χ3v) is 7.16. The highest BCUT2D eigenvalue weighted by molar-refractivity contribution is 7.15. The lowest BCUT2D eigenvalue weighted by atomic mass is 9.77. The number of rotatable bonds is 4. The van der Waals surface area contributed by atoms with Gasteiger partial charge in [-0.15, -0.1) is 10.2 Å². The maximum absolute atomic E-state index is 14.1. The molecule has 0 radical (unpaired) electrons. The summed E-state index contributed by atoms with van der Waals surface area (Å²) in [6.45, 7) is 4.13. The van der Waals surface area contributed by atoms with Gasteiger partial charge in [0.2, 0.25) is 5.13 Å². The predicted octanol–water partition coefficient (Wildman–Crippen LogP) is 4.32. The zero-order chi connectivity index (χ0) is 22.6. The molecule has 1 aromatic carbocycles. The minimum Gasteiger partial charge on any atom is -0.483 e. The fraction of sp³-hybridized carbons (Fsp3) is 0.478. The lowest BCUT2D eigenvalue weighted by Crippen LogP contribution is -2.42. The quantitative estimate of drug-likeness (QED) is 0.681. The number of Topliss-reactive ketones (excluding diaryl/α,β-unsaturated/α-hetero) is 1. The van der Waals surface area contributed by atoms with E-state index in [0.717, 1.165) is 5.01 Å². The van der Waals surface area contributed by atoms with Crippen molar-refractivity contribution >= 4 is 28.2 Å². The number of benzene rings is 1. The van der Waals surface area contributed by atoms with Gasteiger partial charge in [0.05, 0.1) is 17.5 Å². The number of amides is 1. The van der Waals surface area contributed by atoms with Gasteiger partial charge in [-0.05, 0) is 42.9 Å². The van der Waals surface area contributed by atoms with E-state index in [1.807, 2.05) is 0 Å². The molecule has 1 aliphatic carbocycles. The molecule has 9 heteroatoms. The van der Waals surface area contributed by atoms with E-state index in [1.54, 1.807) is 12.1 Å². The number of halogens is 2. The highest BCUT2D eigenvalue weighted by atomic mass is 32.1. The van der Waals surface area contributed by atoms with Gasteiger partial charge in [0.15, 0.2) is 11.5 Å². The second-order valence-electron chi connectivity index (χ2n) is 8.99. The van der Waals surface area contributed by atoms with Gasteiger partial charge < -0.3 is 4.74 Å². The van der Waals surface area contributed by atoms with Crippen molar-refractivity contribution in [2.24, 2.45) is 11.8 Å². The van der Waals surface area contributed by atoms with Crippen LogP contribution in [0.4, 0.5) is 13.9 Å². The molecule has 32 heavy (non-hydrogen) atoms. The third-order valence-electron chi connectivity index (χ3n) is 6.21. The second-order valence-corrected chi connectivity index (χ2v) is 10.0. The number of hydrogen-bond donors (Lipinski definition) is 0. The summed E-state index contributed by atoms with van der Waals surface area (Å²) < 4.78 is 33.8. The van der Waals surface area contributed by atoms with Crippen LogP contribution in [0.1, 0.15) is 49.7 Å². The van der Waals surface area contributed by atoms with E-state index in [0.29, 0.717) is 35.9 Å². The average molecular weight is 460 g/mol. The van der Waals surface area contributed by atoms with Gasteiger partial charge in [0.25, 0.3) is 5.91 Å². The van der Waals surface area contributed by atoms with Crippen molar-refractivity contribution in [3.05, 3.63) is 52.0 Å². The molecule has 3 aliphatic rings. The first-order valence-corrected chi connectivity index (χ1v) is 11.7. The summed E-state index contributed by atoms with van der Waals surface area (Å²) in [6, 6.07) is 4.85. The van der Waals surface area contributed by atoms with Crippen molar-refractivity contribution in [3.63, 3.8) is 0 Å². The first-order chi connectivity index (χ1) is 15.3. The minimum atomic E-state index is -1.06. The van der Waals surface area contributed by atoms with E-state index in [2.05, 4.69) is 24.0 Å². The molecule has 4 unspecified atom stereocenters. The van der Waals surface area contributed by atoms with E-state index in [1.165, 1.54) is 28.4 Å². The first-order valence-electron chi connectivity index (χ1n) is 10.8. The summed E-state index contributed by atoms with van der Waals surface area (Å²) >= 11 is 1.29. The Morgan fingerprint density at radius 2 is 1.94 bits per heavy atom. The van der Waals surface area contributed by atoms with Gasteiger partial charge in [-0.25, -0.2) is 8.78 Å². The Balaban J connectivity index is 1.59. The number of fused-ring (bicyclic) bond motifs is 1. The molecule has 168 valence electrons. The SMILES string of the molecule is CC(C)Cc1nnc(N2C(=O)C3=C(C(=O)C4CC(F)CCC4O3)C2c2ccc(F)cc2)s1. The average Bonchev–Trinajstić information content (AvgIpc) is 3.31. The lowest BCUT2D eigenvalue weighted by molar-refractivity contribution is -0.133. The van der Waals surface area contributed by atoms with Crippen molar-refractivity contribution in [3.8, 4) is 0 Å². The van der Waals surface area contributed by atoms with Crippen LogP contribution in [-0.4, -0.2) is 34.2 Å². The Labute approximate surface area is 188 Å². The number of ketones is 1. The summed E-state index contributed by atoms with van der Waals surface area (Å²) in [5.74, 6) is -1.41. The smallest absolute Gasteiger partial charge is 0.296 e. The summed E-state index contributed by atoms with van der Waals surface area (Å²) in [7, 11) is 0. The normalized spacial score (nSPS) is 27.6. The number of anilines is 1. The van der Waals surface area contributed by atoms with Crippen molar-refractivity contribution in [1.82, 2.24) is 10.2 Å². The van der Waals surface area contributed by atoms with Crippen LogP contribution in [0.25, 0.3) is 0 Å². The zero-order valence-corrected chi connectivity index (χ0v) is 18.6. The molecule has 0 saturated heterocycles. The van der Waals surface area contributed by atoms with Gasteiger partial charge in [-0.2, -0.15) is 0 Å². The molecule has 3 heterocycles. The van der Waals surface area contributed by atoms with Gasteiger partial charge in [-0.3, -0.25) is 14.5 Å². The van der Waals surface area contributed by atoms with E-state index < -0.39 is 36.0 Å². The molecule has 1 fully saturated rings. The highest BCUT2D eigenvalue weighted by Crippen LogP contribution is 2.49. The number of alkyl halides is 1. The molecule has 1 aromatic heterocycles. The van der Waals surface area contributed by atoms with Crippen LogP contribution in [0.3, 0.4) is 0 Å². The van der Waals surface area contributed by atoms with Crippen LogP contribution in [0.15, 0.2) is 35.6 Å². The van der Waals surface area contributed by atoms with Crippen molar-refractivity contribution < 1.29 is 23.1 Å². The molecule has 0 spiro atoms. The number of aromatic nitrogens is 2. The molecular formula is C23H23F2N3O3S. The Morgan fingerprint density at radius 1 is 1.19 bits per heavy atom. The topological polar surface area (TPSA) is 72.4 Å². The fourth-order valence-electron chi connectivity index (χ4n) is 4.75. The Hall–Kier alpha value is -2.68. The standard InChI is InChI=1S/C23H23F2N3O3S/c1-11(2)9-17-26-27-23(32-17)28-19(12-3-5-13(24)6-4-12)18-20(29)15-10-14(25)7-8-16(15)31-21(18)22(28)30/h3-6,11,14-16,19H,7-10H2,1-2H3. The summed E-state index contributed by atoms with van der Waals surface area (Å²) in [5, 5.41) is 9.59. The van der Waals surface area contributed by atoms with Crippen molar-refractivity contribution in [2.45, 2.75) is 57.8 Å². The van der Waals surface area contributed by atoms with Crippen LogP contribution in [0, 0.1) is 17.7 Å². The number of hydrogen-bond acceptors (Lipinski definition) is 6. The largest absolute Gasteiger partial charge is 0.483 e. The van der Waals surface area contributed by atoms with E-state index >= 15 is 0 Å². The number of carbonyl (C=O) groups excluding carboxylic acids is 2. The maximum atomic E-state index is 14.1. The fourth-order valence-corrected chi connectivity index (χ4v) is 5.82. The van der Waals surface area contributed by atoms with E-state index in [-0.39, 0.29) is 23.5 Å². The van der Waals surface area contributed by atoms with Crippen molar-refractivity contribution in [2.75, 3.05) is 4.90 Å². The number of carbonyl (C=O) groups is 2. The second kappa shape index (κ2) is 8.03. The van der Waals surface area contributed by atoms with Crippen LogP contribution in [0.2, 0.25) is 0 Å². The van der Waals surface area contributed by atoms with Gasteiger partial charge in [-0.1, -0.05) is 37.3 Å². The molecule has 1 saturated carbocycles. The number of ether oxygens (including phenoxy) is 1.